The van der Waals surface area contributed by atoms with Crippen LogP contribution in [0.4, 0.5) is 24.5 Å². The van der Waals surface area contributed by atoms with Gasteiger partial charge in [-0.1, -0.05) is 31.2 Å². The third-order valence-electron chi connectivity index (χ3n) is 7.11. The van der Waals surface area contributed by atoms with Crippen LogP contribution in [-0.2, 0) is 17.5 Å². The molecule has 1 aliphatic heterocycles. The summed E-state index contributed by atoms with van der Waals surface area (Å²) in [6.07, 6.45) is 3.96. The number of aromatic nitrogens is 1. The van der Waals surface area contributed by atoms with E-state index < -0.39 is 11.7 Å². The highest BCUT2D eigenvalue weighted by Gasteiger charge is 2.30. The van der Waals surface area contributed by atoms with E-state index in [4.69, 9.17) is 0 Å². The smallest absolute Gasteiger partial charge is 0.345 e. The van der Waals surface area contributed by atoms with Gasteiger partial charge in [-0.05, 0) is 73.0 Å². The van der Waals surface area contributed by atoms with E-state index in [1.165, 1.54) is 18.2 Å². The number of likely N-dealkylation sites (tertiary alicyclic amines) is 1. The molecule has 0 unspecified atom stereocenters. The van der Waals surface area contributed by atoms with E-state index in [1.807, 2.05) is 48.3 Å². The Balaban J connectivity index is 1.49. The highest BCUT2D eigenvalue weighted by molar-refractivity contribution is 5.92. The zero-order chi connectivity index (χ0) is 27.1. The molecular formula is C30H33F3N4O. The molecule has 4 rings (SSSR count). The number of piperidine rings is 1. The highest BCUT2D eigenvalue weighted by atomic mass is 19.4. The molecule has 3 aromatic rings. The maximum atomic E-state index is 13.4. The molecule has 2 aromatic carbocycles. The minimum Gasteiger partial charge on any atom is -0.345 e. The number of anilines is 2. The van der Waals surface area contributed by atoms with Crippen LogP contribution in [0.3, 0.4) is 0 Å². The van der Waals surface area contributed by atoms with Gasteiger partial charge in [0.2, 0.25) is 5.91 Å². The van der Waals surface area contributed by atoms with Gasteiger partial charge < -0.3 is 14.7 Å². The number of halogens is 3. The summed E-state index contributed by atoms with van der Waals surface area (Å²) in [6, 6.07) is 17.0. The fraction of sp³-hybridized carbons (Fsp3) is 0.333. The van der Waals surface area contributed by atoms with Crippen LogP contribution >= 0.6 is 0 Å². The van der Waals surface area contributed by atoms with Crippen molar-refractivity contribution in [3.8, 4) is 0 Å². The van der Waals surface area contributed by atoms with Gasteiger partial charge in [-0.15, -0.1) is 0 Å². The zero-order valence-corrected chi connectivity index (χ0v) is 21.7. The first-order valence-electron chi connectivity index (χ1n) is 12.9. The Labute approximate surface area is 222 Å². The zero-order valence-electron chi connectivity index (χ0n) is 21.7. The number of rotatable bonds is 8. The number of hydrogen-bond donors (Lipinski definition) is 0. The standard InChI is InChI=1S/C30H33F3N4O/c1-3-36-20-16-28(17-21-36)37(29(38)13-8-23-4-9-25(10-5-23)30(31,32)33)22-24-6-11-26(12-7-24)35(2)27-14-18-34-19-15-27/h4-15,18-19,28H,3,16-17,20-22H2,1-2H3/b13-8+. The number of nitrogens with zero attached hydrogens (tertiary/aromatic N) is 4. The number of amides is 1. The van der Waals surface area contributed by atoms with Gasteiger partial charge in [-0.25, -0.2) is 0 Å². The van der Waals surface area contributed by atoms with Gasteiger partial charge in [0.05, 0.1) is 5.56 Å². The molecule has 1 fully saturated rings. The number of pyridine rings is 1. The molecule has 8 heteroatoms. The van der Waals surface area contributed by atoms with Gasteiger partial charge in [-0.2, -0.15) is 13.2 Å². The van der Waals surface area contributed by atoms with Crippen LogP contribution < -0.4 is 4.90 Å². The Kier molecular flexibility index (Phi) is 8.84. The molecular weight excluding hydrogens is 489 g/mol. The van der Waals surface area contributed by atoms with Crippen LogP contribution in [-0.4, -0.2) is 53.4 Å². The summed E-state index contributed by atoms with van der Waals surface area (Å²) in [7, 11) is 1.99. The average Bonchev–Trinajstić information content (AvgIpc) is 2.95. The molecule has 0 radical (unpaired) electrons. The second-order valence-electron chi connectivity index (χ2n) is 9.52. The van der Waals surface area contributed by atoms with Gasteiger partial charge in [-0.3, -0.25) is 9.78 Å². The molecule has 0 saturated carbocycles. The maximum Gasteiger partial charge on any atom is 0.416 e. The predicted octanol–water partition coefficient (Wildman–Crippen LogP) is 6.39. The van der Waals surface area contributed by atoms with Crippen molar-refractivity contribution in [3.05, 3.63) is 95.8 Å². The van der Waals surface area contributed by atoms with E-state index >= 15 is 0 Å². The largest absolute Gasteiger partial charge is 0.416 e. The minimum atomic E-state index is -4.38. The number of hydrogen-bond acceptors (Lipinski definition) is 4. The molecule has 1 aliphatic rings. The van der Waals surface area contributed by atoms with Crippen LogP contribution in [0, 0.1) is 0 Å². The second-order valence-corrected chi connectivity index (χ2v) is 9.52. The third kappa shape index (κ3) is 7.01. The fourth-order valence-electron chi connectivity index (χ4n) is 4.72. The summed E-state index contributed by atoms with van der Waals surface area (Å²) in [5.41, 5.74) is 2.92. The monoisotopic (exact) mass is 522 g/mol. The van der Waals surface area contributed by atoms with Gasteiger partial charge in [0.15, 0.2) is 0 Å². The molecule has 1 saturated heterocycles. The average molecular weight is 523 g/mol. The molecule has 0 N–H and O–H groups in total. The number of benzene rings is 2. The summed E-state index contributed by atoms with van der Waals surface area (Å²) in [6.45, 7) is 5.46. The van der Waals surface area contributed by atoms with Crippen molar-refractivity contribution >= 4 is 23.4 Å². The lowest BCUT2D eigenvalue weighted by atomic mass is 10.0. The molecule has 38 heavy (non-hydrogen) atoms. The molecule has 0 bridgehead atoms. The molecule has 1 amide bonds. The molecule has 0 spiro atoms. The SMILES string of the molecule is CCN1CCC(N(Cc2ccc(N(C)c3ccncc3)cc2)C(=O)/C=C/c2ccc(C(F)(F)F)cc2)CC1. The van der Waals surface area contributed by atoms with Crippen molar-refractivity contribution in [2.24, 2.45) is 0 Å². The van der Waals surface area contributed by atoms with Crippen molar-refractivity contribution < 1.29 is 18.0 Å². The Bertz CT molecular complexity index is 1200. The van der Waals surface area contributed by atoms with Crippen LogP contribution in [0.25, 0.3) is 6.08 Å². The molecule has 200 valence electrons. The van der Waals surface area contributed by atoms with Gasteiger partial charge in [0.1, 0.15) is 0 Å². The normalized spacial score (nSPS) is 15.1. The first-order chi connectivity index (χ1) is 18.2. The summed E-state index contributed by atoms with van der Waals surface area (Å²) < 4.78 is 38.6. The molecule has 1 aromatic heterocycles. The van der Waals surface area contributed by atoms with E-state index in [0.717, 1.165) is 61.5 Å². The Morgan fingerprint density at radius 1 is 0.974 bits per heavy atom. The fourth-order valence-corrected chi connectivity index (χ4v) is 4.72. The lowest BCUT2D eigenvalue weighted by molar-refractivity contribution is -0.137. The van der Waals surface area contributed by atoms with Crippen LogP contribution in [0.2, 0.25) is 0 Å². The predicted molar refractivity (Wildman–Crippen MR) is 145 cm³/mol. The molecule has 5 nitrogen and oxygen atoms in total. The quantitative estimate of drug-likeness (QED) is 0.321. The van der Waals surface area contributed by atoms with Crippen LogP contribution in [0.15, 0.2) is 79.1 Å². The highest BCUT2D eigenvalue weighted by Crippen LogP contribution is 2.29. The molecule has 0 aliphatic carbocycles. The summed E-state index contributed by atoms with van der Waals surface area (Å²) >= 11 is 0. The first-order valence-corrected chi connectivity index (χ1v) is 12.9. The van der Waals surface area contributed by atoms with E-state index in [2.05, 4.69) is 21.7 Å². The van der Waals surface area contributed by atoms with Gasteiger partial charge in [0.25, 0.3) is 0 Å². The van der Waals surface area contributed by atoms with Crippen LogP contribution in [0.1, 0.15) is 36.5 Å². The number of alkyl halides is 3. The van der Waals surface area contributed by atoms with Gasteiger partial charge >= 0.3 is 6.18 Å². The first kappa shape index (κ1) is 27.4. The Morgan fingerprint density at radius 2 is 1.58 bits per heavy atom. The number of carbonyl (C=O) groups is 1. The van der Waals surface area contributed by atoms with E-state index in [1.54, 1.807) is 18.5 Å². The second kappa shape index (κ2) is 12.3. The van der Waals surface area contributed by atoms with E-state index in [-0.39, 0.29) is 11.9 Å². The number of carbonyl (C=O) groups excluding carboxylic acids is 1. The summed E-state index contributed by atoms with van der Waals surface area (Å²) in [5.74, 6) is -0.141. The molecule has 0 atom stereocenters. The molecule has 2 heterocycles. The van der Waals surface area contributed by atoms with Crippen molar-refractivity contribution in [1.29, 1.82) is 0 Å². The van der Waals surface area contributed by atoms with E-state index in [9.17, 15) is 18.0 Å². The van der Waals surface area contributed by atoms with Crippen molar-refractivity contribution in [3.63, 3.8) is 0 Å². The maximum absolute atomic E-state index is 13.4. The van der Waals surface area contributed by atoms with Crippen molar-refractivity contribution in [1.82, 2.24) is 14.8 Å². The summed E-state index contributed by atoms with van der Waals surface area (Å²) in [4.78, 5) is 23.8. The minimum absolute atomic E-state index is 0.0988. The van der Waals surface area contributed by atoms with E-state index in [0.29, 0.717) is 12.1 Å². The van der Waals surface area contributed by atoms with Gasteiger partial charge in [0, 0.05) is 62.6 Å². The Hall–Kier alpha value is -3.65. The topological polar surface area (TPSA) is 39.7 Å². The third-order valence-corrected chi connectivity index (χ3v) is 7.11. The van der Waals surface area contributed by atoms with Crippen molar-refractivity contribution in [2.75, 3.05) is 31.6 Å². The lowest BCUT2D eigenvalue weighted by Crippen LogP contribution is -2.46. The lowest BCUT2D eigenvalue weighted by Gasteiger charge is -2.38. The Morgan fingerprint density at radius 3 is 2.16 bits per heavy atom. The van der Waals surface area contributed by atoms with Crippen LogP contribution in [0.5, 0.6) is 0 Å². The van der Waals surface area contributed by atoms with Crippen molar-refractivity contribution in [2.45, 2.75) is 38.5 Å². The summed E-state index contributed by atoms with van der Waals surface area (Å²) in [5, 5.41) is 0.